The monoisotopic (exact) mass is 402 g/mol. The van der Waals surface area contributed by atoms with Gasteiger partial charge in [-0.15, -0.1) is 0 Å². The third kappa shape index (κ3) is 9.48. The second kappa shape index (κ2) is 11.4. The van der Waals surface area contributed by atoms with Crippen molar-refractivity contribution in [3.05, 3.63) is 29.3 Å². The summed E-state index contributed by atoms with van der Waals surface area (Å²) < 4.78 is 42.4. The van der Waals surface area contributed by atoms with E-state index in [0.717, 1.165) is 18.4 Å². The lowest BCUT2D eigenvalue weighted by Gasteiger charge is -2.16. The zero-order chi connectivity index (χ0) is 21.2. The SMILES string of the molecule is CCCCNC(=NCc1ccc(C)cc1OCC(F)(F)F)NCC(=O)N(C)C. The van der Waals surface area contributed by atoms with Crippen LogP contribution in [0.3, 0.4) is 0 Å². The number of amides is 1. The summed E-state index contributed by atoms with van der Waals surface area (Å²) in [6, 6.07) is 5.04. The van der Waals surface area contributed by atoms with Crippen molar-refractivity contribution in [3.8, 4) is 5.75 Å². The van der Waals surface area contributed by atoms with E-state index in [0.29, 0.717) is 18.1 Å². The van der Waals surface area contributed by atoms with E-state index < -0.39 is 12.8 Å². The van der Waals surface area contributed by atoms with Gasteiger partial charge in [0.2, 0.25) is 5.91 Å². The highest BCUT2D eigenvalue weighted by Crippen LogP contribution is 2.24. The molecule has 0 spiro atoms. The van der Waals surface area contributed by atoms with Gasteiger partial charge >= 0.3 is 6.18 Å². The number of rotatable bonds is 9. The lowest BCUT2D eigenvalue weighted by Crippen LogP contribution is -2.43. The zero-order valence-corrected chi connectivity index (χ0v) is 16.8. The molecule has 1 aromatic rings. The number of benzene rings is 1. The summed E-state index contributed by atoms with van der Waals surface area (Å²) in [7, 11) is 3.31. The number of halogens is 3. The van der Waals surface area contributed by atoms with Crippen LogP contribution in [0.2, 0.25) is 0 Å². The van der Waals surface area contributed by atoms with Crippen molar-refractivity contribution in [1.29, 1.82) is 0 Å². The number of hydrogen-bond donors (Lipinski definition) is 2. The summed E-state index contributed by atoms with van der Waals surface area (Å²) in [5, 5.41) is 6.06. The Kier molecular flexibility index (Phi) is 9.61. The predicted octanol–water partition coefficient (Wildman–Crippen LogP) is 2.86. The Morgan fingerprint density at radius 1 is 1.25 bits per heavy atom. The van der Waals surface area contributed by atoms with Crippen LogP contribution in [0.5, 0.6) is 5.75 Å². The van der Waals surface area contributed by atoms with Gasteiger partial charge in [0.25, 0.3) is 0 Å². The number of ether oxygens (including phenoxy) is 1. The van der Waals surface area contributed by atoms with E-state index in [1.165, 1.54) is 4.90 Å². The Bertz CT molecular complexity index is 661. The fourth-order valence-electron chi connectivity index (χ4n) is 2.13. The Labute approximate surface area is 164 Å². The van der Waals surface area contributed by atoms with E-state index in [1.807, 2.05) is 0 Å². The van der Waals surface area contributed by atoms with Gasteiger partial charge in [0.05, 0.1) is 13.1 Å². The highest BCUT2D eigenvalue weighted by Gasteiger charge is 2.28. The highest BCUT2D eigenvalue weighted by atomic mass is 19.4. The smallest absolute Gasteiger partial charge is 0.422 e. The average molecular weight is 402 g/mol. The summed E-state index contributed by atoms with van der Waals surface area (Å²) >= 11 is 0. The lowest BCUT2D eigenvalue weighted by atomic mass is 10.1. The third-order valence-corrected chi connectivity index (χ3v) is 3.75. The lowest BCUT2D eigenvalue weighted by molar-refractivity contribution is -0.153. The fourth-order valence-corrected chi connectivity index (χ4v) is 2.13. The molecule has 0 radical (unpaired) electrons. The second-order valence-electron chi connectivity index (χ2n) is 6.60. The minimum absolute atomic E-state index is 0.0658. The first-order valence-electron chi connectivity index (χ1n) is 9.13. The summed E-state index contributed by atoms with van der Waals surface area (Å²) in [4.78, 5) is 17.6. The van der Waals surface area contributed by atoms with Gasteiger partial charge in [0.15, 0.2) is 12.6 Å². The van der Waals surface area contributed by atoms with Crippen molar-refractivity contribution < 1.29 is 22.7 Å². The van der Waals surface area contributed by atoms with Crippen molar-refractivity contribution in [2.45, 2.75) is 39.4 Å². The summed E-state index contributed by atoms with van der Waals surface area (Å²) in [5.41, 5.74) is 1.33. The van der Waals surface area contributed by atoms with Crippen LogP contribution in [0, 0.1) is 6.92 Å². The molecular formula is C19H29F3N4O2. The molecule has 0 fully saturated rings. The number of nitrogens with one attached hydrogen (secondary N) is 2. The van der Waals surface area contributed by atoms with Crippen molar-refractivity contribution >= 4 is 11.9 Å². The number of hydrogen-bond acceptors (Lipinski definition) is 3. The summed E-state index contributed by atoms with van der Waals surface area (Å²) in [5.74, 6) is 0.457. The Morgan fingerprint density at radius 2 is 1.96 bits per heavy atom. The maximum atomic E-state index is 12.5. The third-order valence-electron chi connectivity index (χ3n) is 3.75. The molecule has 9 heteroatoms. The van der Waals surface area contributed by atoms with Crippen molar-refractivity contribution in [1.82, 2.24) is 15.5 Å². The van der Waals surface area contributed by atoms with Crippen molar-refractivity contribution in [3.63, 3.8) is 0 Å². The van der Waals surface area contributed by atoms with Crippen LogP contribution in [0.15, 0.2) is 23.2 Å². The molecule has 0 saturated carbocycles. The molecule has 1 aromatic carbocycles. The molecule has 158 valence electrons. The summed E-state index contributed by atoms with van der Waals surface area (Å²) in [6.07, 6.45) is -2.50. The molecule has 0 unspecified atom stereocenters. The number of likely N-dealkylation sites (N-methyl/N-ethyl adjacent to an activating group) is 1. The van der Waals surface area contributed by atoms with Crippen molar-refractivity contribution in [2.75, 3.05) is 33.8 Å². The minimum atomic E-state index is -4.41. The van der Waals surface area contributed by atoms with E-state index in [-0.39, 0.29) is 24.7 Å². The number of aliphatic imine (C=N–C) groups is 1. The number of carbonyl (C=O) groups excluding carboxylic acids is 1. The molecule has 28 heavy (non-hydrogen) atoms. The van der Waals surface area contributed by atoms with Gasteiger partial charge in [0.1, 0.15) is 5.75 Å². The van der Waals surface area contributed by atoms with Crippen LogP contribution in [-0.4, -0.2) is 56.7 Å². The van der Waals surface area contributed by atoms with E-state index in [1.54, 1.807) is 39.2 Å². The molecule has 2 N–H and O–H groups in total. The molecule has 0 heterocycles. The molecule has 0 aromatic heterocycles. The van der Waals surface area contributed by atoms with Gasteiger partial charge in [0, 0.05) is 26.2 Å². The van der Waals surface area contributed by atoms with E-state index in [9.17, 15) is 18.0 Å². The molecule has 0 saturated heterocycles. The number of carbonyl (C=O) groups is 1. The van der Waals surface area contributed by atoms with Gasteiger partial charge in [-0.2, -0.15) is 13.2 Å². The first-order chi connectivity index (χ1) is 13.1. The largest absolute Gasteiger partial charge is 0.484 e. The van der Waals surface area contributed by atoms with Gasteiger partial charge < -0.3 is 20.3 Å². The molecule has 0 aliphatic heterocycles. The standard InChI is InChI=1S/C19H29F3N4O2/c1-5-6-9-23-18(25-12-17(27)26(3)4)24-11-15-8-7-14(2)10-16(15)28-13-19(20,21)22/h7-8,10H,5-6,9,11-13H2,1-4H3,(H2,23,24,25). The van der Waals surface area contributed by atoms with Crippen molar-refractivity contribution in [2.24, 2.45) is 4.99 Å². The maximum absolute atomic E-state index is 12.5. The summed E-state index contributed by atoms with van der Waals surface area (Å²) in [6.45, 7) is 3.33. The van der Waals surface area contributed by atoms with Gasteiger partial charge in [-0.1, -0.05) is 25.5 Å². The molecule has 6 nitrogen and oxygen atoms in total. The molecule has 0 aliphatic rings. The Morgan fingerprint density at radius 3 is 2.57 bits per heavy atom. The number of aryl methyl sites for hydroxylation is 1. The number of unbranched alkanes of at least 4 members (excludes halogenated alkanes) is 1. The van der Waals surface area contributed by atoms with Gasteiger partial charge in [-0.05, 0) is 25.0 Å². The van der Waals surface area contributed by atoms with Crippen LogP contribution < -0.4 is 15.4 Å². The van der Waals surface area contributed by atoms with E-state index in [4.69, 9.17) is 4.74 Å². The Balaban J connectivity index is 2.88. The molecule has 1 rings (SSSR count). The predicted molar refractivity (Wildman–Crippen MR) is 103 cm³/mol. The Hall–Kier alpha value is -2.45. The fraction of sp³-hybridized carbons (Fsp3) is 0.579. The van der Waals surface area contributed by atoms with E-state index >= 15 is 0 Å². The quantitative estimate of drug-likeness (QED) is 0.379. The molecule has 1 amide bonds. The number of alkyl halides is 3. The van der Waals surface area contributed by atoms with Crippen LogP contribution in [0.25, 0.3) is 0 Å². The van der Waals surface area contributed by atoms with Crippen LogP contribution >= 0.6 is 0 Å². The minimum Gasteiger partial charge on any atom is -0.484 e. The second-order valence-corrected chi connectivity index (χ2v) is 6.60. The maximum Gasteiger partial charge on any atom is 0.422 e. The number of guanidine groups is 1. The zero-order valence-electron chi connectivity index (χ0n) is 16.8. The molecule has 0 aliphatic carbocycles. The molecular weight excluding hydrogens is 373 g/mol. The van der Waals surface area contributed by atoms with Crippen LogP contribution in [0.1, 0.15) is 30.9 Å². The van der Waals surface area contributed by atoms with E-state index in [2.05, 4.69) is 22.5 Å². The van der Waals surface area contributed by atoms with Crippen LogP contribution in [0.4, 0.5) is 13.2 Å². The molecule has 0 atom stereocenters. The topological polar surface area (TPSA) is 66.0 Å². The normalized spacial score (nSPS) is 11.9. The molecule has 0 bridgehead atoms. The van der Waals surface area contributed by atoms with Gasteiger partial charge in [-0.3, -0.25) is 4.79 Å². The van der Waals surface area contributed by atoms with Gasteiger partial charge in [-0.25, -0.2) is 4.99 Å². The first kappa shape index (κ1) is 23.6. The first-order valence-corrected chi connectivity index (χ1v) is 9.13. The number of nitrogens with zero attached hydrogens (tertiary/aromatic N) is 2. The van der Waals surface area contributed by atoms with Crippen LogP contribution in [-0.2, 0) is 11.3 Å². The highest BCUT2D eigenvalue weighted by molar-refractivity contribution is 5.86. The average Bonchev–Trinajstić information content (AvgIpc) is 2.61.